The number of nitrogens with zero attached hydrogens (tertiary/aromatic N) is 1. The molecule has 1 heterocycles. The summed E-state index contributed by atoms with van der Waals surface area (Å²) in [4.78, 5) is 23.1. The molecule has 0 saturated heterocycles. The number of aryl methyl sites for hydroxylation is 1. The van der Waals surface area contributed by atoms with Crippen LogP contribution in [0.5, 0.6) is 0 Å². The monoisotopic (exact) mass is 284 g/mol. The minimum Gasteiger partial charge on any atom is -0.351 e. The number of aromatic nitrogens is 1. The van der Waals surface area contributed by atoms with Gasteiger partial charge in [-0.05, 0) is 28.9 Å². The van der Waals surface area contributed by atoms with Gasteiger partial charge in [0.05, 0.1) is 0 Å². The number of amides is 1. The molecule has 1 aromatic rings. The number of pyridine rings is 1. The van der Waals surface area contributed by atoms with E-state index >= 15 is 0 Å². The van der Waals surface area contributed by atoms with Crippen LogP contribution in [0.4, 0.5) is 0 Å². The second-order valence-corrected chi connectivity index (χ2v) is 4.28. The molecule has 1 amide bonds. The Balaban J connectivity index is 2.85. The van der Waals surface area contributed by atoms with Gasteiger partial charge in [-0.3, -0.25) is 9.59 Å². The summed E-state index contributed by atoms with van der Waals surface area (Å²) in [6, 6.07) is 1.72. The first-order valence-corrected chi connectivity index (χ1v) is 5.58. The molecular formula is C11H13BrN2O2. The Labute approximate surface area is 102 Å². The van der Waals surface area contributed by atoms with Crippen molar-refractivity contribution in [3.05, 3.63) is 45.3 Å². The Bertz CT molecular complexity index is 466. The Morgan fingerprint density at radius 1 is 1.69 bits per heavy atom. The van der Waals surface area contributed by atoms with Crippen LogP contribution in [0.3, 0.4) is 0 Å². The summed E-state index contributed by atoms with van der Waals surface area (Å²) in [5.41, 5.74) is 0.447. The lowest BCUT2D eigenvalue weighted by Crippen LogP contribution is -2.32. The van der Waals surface area contributed by atoms with Crippen LogP contribution in [-0.2, 0) is 11.3 Å². The molecule has 0 aromatic carbocycles. The van der Waals surface area contributed by atoms with Crippen molar-refractivity contribution in [3.63, 3.8) is 0 Å². The summed E-state index contributed by atoms with van der Waals surface area (Å²) in [5.74, 6) is -0.209. The molecule has 0 atom stereocenters. The average Bonchev–Trinajstić information content (AvgIpc) is 2.22. The Morgan fingerprint density at radius 2 is 2.38 bits per heavy atom. The molecule has 0 saturated carbocycles. The zero-order valence-electron chi connectivity index (χ0n) is 9.00. The van der Waals surface area contributed by atoms with Crippen molar-refractivity contribution in [2.75, 3.05) is 6.54 Å². The van der Waals surface area contributed by atoms with Gasteiger partial charge in [0.25, 0.3) is 5.56 Å². The number of carbonyl (C=O) groups is 1. The maximum absolute atomic E-state index is 11.7. The maximum atomic E-state index is 11.7. The molecule has 1 aromatic heterocycles. The van der Waals surface area contributed by atoms with Crippen LogP contribution in [-0.4, -0.2) is 17.0 Å². The second-order valence-electron chi connectivity index (χ2n) is 3.37. The van der Waals surface area contributed by atoms with E-state index in [1.807, 2.05) is 0 Å². The van der Waals surface area contributed by atoms with E-state index in [4.69, 9.17) is 0 Å². The van der Waals surface area contributed by atoms with E-state index in [9.17, 15) is 9.59 Å². The fraction of sp³-hybridized carbons (Fsp3) is 0.273. The smallest absolute Gasteiger partial charge is 0.253 e. The predicted octanol–water partition coefficient (Wildman–Crippen LogP) is 1.22. The maximum Gasteiger partial charge on any atom is 0.253 e. The van der Waals surface area contributed by atoms with Crippen LogP contribution in [0.2, 0.25) is 0 Å². The lowest BCUT2D eigenvalue weighted by molar-refractivity contribution is -0.121. The van der Waals surface area contributed by atoms with Gasteiger partial charge < -0.3 is 9.88 Å². The quantitative estimate of drug-likeness (QED) is 0.846. The molecule has 0 unspecified atom stereocenters. The van der Waals surface area contributed by atoms with E-state index < -0.39 is 0 Å². The summed E-state index contributed by atoms with van der Waals surface area (Å²) >= 11 is 3.28. The number of nitrogens with one attached hydrogen (secondary N) is 1. The first kappa shape index (κ1) is 12.7. The highest BCUT2D eigenvalue weighted by molar-refractivity contribution is 9.10. The minimum absolute atomic E-state index is 0.0208. The third-order valence-corrected chi connectivity index (χ3v) is 2.42. The normalized spacial score (nSPS) is 9.88. The number of hydrogen-bond acceptors (Lipinski definition) is 2. The molecule has 4 nitrogen and oxygen atoms in total. The van der Waals surface area contributed by atoms with Crippen LogP contribution in [0, 0.1) is 6.92 Å². The van der Waals surface area contributed by atoms with E-state index in [-0.39, 0.29) is 18.0 Å². The van der Waals surface area contributed by atoms with Crippen LogP contribution in [0.25, 0.3) is 0 Å². The van der Waals surface area contributed by atoms with Crippen molar-refractivity contribution in [3.8, 4) is 0 Å². The molecule has 0 fully saturated rings. The Morgan fingerprint density at radius 3 is 3.00 bits per heavy atom. The van der Waals surface area contributed by atoms with E-state index in [2.05, 4.69) is 27.8 Å². The molecule has 0 radical (unpaired) electrons. The highest BCUT2D eigenvalue weighted by Crippen LogP contribution is 2.07. The van der Waals surface area contributed by atoms with Crippen LogP contribution < -0.4 is 10.9 Å². The van der Waals surface area contributed by atoms with Gasteiger partial charge in [0.2, 0.25) is 5.91 Å². The zero-order valence-corrected chi connectivity index (χ0v) is 10.6. The number of carbonyl (C=O) groups excluding carboxylic acids is 1. The van der Waals surface area contributed by atoms with E-state index in [1.165, 1.54) is 4.57 Å². The second kappa shape index (κ2) is 5.65. The number of rotatable bonds is 4. The van der Waals surface area contributed by atoms with Crippen molar-refractivity contribution >= 4 is 21.8 Å². The highest BCUT2D eigenvalue weighted by Gasteiger charge is 2.06. The molecule has 0 aliphatic carbocycles. The molecule has 0 aliphatic rings. The standard InChI is InChI=1S/C11H13BrN2O2/c1-3-4-13-10(15)7-14-6-9(12)5-8(2)11(14)16/h3,5-6H,1,4,7H2,2H3,(H,13,15). The number of halogens is 1. The van der Waals surface area contributed by atoms with E-state index in [0.29, 0.717) is 12.1 Å². The van der Waals surface area contributed by atoms with Crippen LogP contribution in [0.15, 0.2) is 34.2 Å². The Hall–Kier alpha value is -1.36. The van der Waals surface area contributed by atoms with Crippen LogP contribution in [0.1, 0.15) is 5.56 Å². The largest absolute Gasteiger partial charge is 0.351 e. The average molecular weight is 285 g/mol. The first-order chi connectivity index (χ1) is 7.54. The van der Waals surface area contributed by atoms with Crippen molar-refractivity contribution < 1.29 is 4.79 Å². The molecule has 1 rings (SSSR count). The first-order valence-electron chi connectivity index (χ1n) is 4.78. The van der Waals surface area contributed by atoms with Crippen molar-refractivity contribution in [1.82, 2.24) is 9.88 Å². The Kier molecular flexibility index (Phi) is 4.49. The summed E-state index contributed by atoms with van der Waals surface area (Å²) in [7, 11) is 0. The third-order valence-electron chi connectivity index (χ3n) is 1.99. The van der Waals surface area contributed by atoms with Crippen molar-refractivity contribution in [1.29, 1.82) is 0 Å². The summed E-state index contributed by atoms with van der Waals surface area (Å²) in [5, 5.41) is 2.61. The molecule has 5 heteroatoms. The SMILES string of the molecule is C=CCNC(=O)Cn1cc(Br)cc(C)c1=O. The van der Waals surface area contributed by atoms with E-state index in [1.54, 1.807) is 25.3 Å². The summed E-state index contributed by atoms with van der Waals surface area (Å²) < 4.78 is 2.15. The van der Waals surface area contributed by atoms with Gasteiger partial charge in [-0.25, -0.2) is 0 Å². The van der Waals surface area contributed by atoms with Gasteiger partial charge in [-0.1, -0.05) is 6.08 Å². The lowest BCUT2D eigenvalue weighted by atomic mass is 10.3. The fourth-order valence-corrected chi connectivity index (χ4v) is 1.84. The van der Waals surface area contributed by atoms with Gasteiger partial charge >= 0.3 is 0 Å². The molecular weight excluding hydrogens is 272 g/mol. The van der Waals surface area contributed by atoms with E-state index in [0.717, 1.165) is 4.47 Å². The molecule has 16 heavy (non-hydrogen) atoms. The van der Waals surface area contributed by atoms with Gasteiger partial charge in [0.15, 0.2) is 0 Å². The minimum atomic E-state index is -0.209. The summed E-state index contributed by atoms with van der Waals surface area (Å²) in [6.45, 7) is 5.63. The predicted molar refractivity (Wildman–Crippen MR) is 66.3 cm³/mol. The lowest BCUT2D eigenvalue weighted by Gasteiger charge is -2.07. The molecule has 0 spiro atoms. The van der Waals surface area contributed by atoms with Crippen molar-refractivity contribution in [2.24, 2.45) is 0 Å². The van der Waals surface area contributed by atoms with Crippen LogP contribution >= 0.6 is 15.9 Å². The van der Waals surface area contributed by atoms with Gasteiger partial charge in [-0.2, -0.15) is 0 Å². The summed E-state index contributed by atoms with van der Waals surface area (Å²) in [6.07, 6.45) is 3.19. The fourth-order valence-electron chi connectivity index (χ4n) is 1.25. The van der Waals surface area contributed by atoms with Gasteiger partial charge in [0.1, 0.15) is 6.54 Å². The number of hydrogen-bond donors (Lipinski definition) is 1. The molecule has 1 N–H and O–H groups in total. The molecule has 86 valence electrons. The topological polar surface area (TPSA) is 51.1 Å². The highest BCUT2D eigenvalue weighted by atomic mass is 79.9. The van der Waals surface area contributed by atoms with Gasteiger partial charge in [0, 0.05) is 22.8 Å². The molecule has 0 aliphatic heterocycles. The zero-order chi connectivity index (χ0) is 12.1. The third kappa shape index (κ3) is 3.34. The van der Waals surface area contributed by atoms with Crippen molar-refractivity contribution in [2.45, 2.75) is 13.5 Å². The molecule has 0 bridgehead atoms. The van der Waals surface area contributed by atoms with Gasteiger partial charge in [-0.15, -0.1) is 6.58 Å².